The van der Waals surface area contributed by atoms with Crippen molar-refractivity contribution in [3.05, 3.63) is 35.9 Å². The zero-order valence-electron chi connectivity index (χ0n) is 21.0. The molecule has 34 heavy (non-hydrogen) atoms. The zero-order chi connectivity index (χ0) is 24.4. The van der Waals surface area contributed by atoms with E-state index in [1.807, 2.05) is 18.2 Å². The van der Waals surface area contributed by atoms with Crippen LogP contribution in [0.2, 0.25) is 0 Å². The first-order valence-electron chi connectivity index (χ1n) is 13.0. The van der Waals surface area contributed by atoms with Crippen LogP contribution >= 0.6 is 0 Å². The minimum Gasteiger partial charge on any atom is -0.465 e. The van der Waals surface area contributed by atoms with E-state index in [0.717, 1.165) is 44.9 Å². The van der Waals surface area contributed by atoms with E-state index < -0.39 is 0 Å². The SMILES string of the molecule is CC(=O)OC[C@]1(C)CCC[C@@]2(C)[C@H]1[C@H](OC(=O)c1ccccc1)C[C@H]1CC(=O)[C@]3(C)CC[C@]12C3. The number of fused-ring (bicyclic) bond motifs is 2. The van der Waals surface area contributed by atoms with Gasteiger partial charge < -0.3 is 9.47 Å². The van der Waals surface area contributed by atoms with Gasteiger partial charge in [0.2, 0.25) is 0 Å². The van der Waals surface area contributed by atoms with Crippen molar-refractivity contribution in [3.63, 3.8) is 0 Å². The Bertz CT molecular complexity index is 1000. The lowest BCUT2D eigenvalue weighted by molar-refractivity contribution is -0.226. The highest BCUT2D eigenvalue weighted by atomic mass is 16.5. The predicted octanol–water partition coefficient (Wildman–Crippen LogP) is 5.76. The molecule has 5 heteroatoms. The standard InChI is InChI=1S/C29H38O5/c1-19(30)33-18-27(3)11-8-12-28(4)24(27)22(34-25(32)20-9-6-5-7-10-20)15-21-16-23(31)26(2)13-14-29(21,28)17-26/h5-7,9-10,21-22,24H,8,11-18H2,1-4H3/t21-,22+,24-,26+,27-,28-,29-/m0/s1. The average molecular weight is 467 g/mol. The van der Waals surface area contributed by atoms with Crippen LogP contribution in [0.3, 0.4) is 0 Å². The van der Waals surface area contributed by atoms with Crippen LogP contribution in [0.25, 0.3) is 0 Å². The highest BCUT2D eigenvalue weighted by Gasteiger charge is 2.72. The number of esters is 2. The van der Waals surface area contributed by atoms with Crippen LogP contribution in [-0.4, -0.2) is 30.4 Å². The van der Waals surface area contributed by atoms with Crippen molar-refractivity contribution >= 4 is 17.7 Å². The van der Waals surface area contributed by atoms with Gasteiger partial charge in [0.15, 0.2) is 0 Å². The molecule has 0 unspecified atom stereocenters. The minimum absolute atomic E-state index is 0.0764. The third kappa shape index (κ3) is 3.37. The lowest BCUT2D eigenvalue weighted by Gasteiger charge is -2.67. The van der Waals surface area contributed by atoms with Crippen LogP contribution in [0.15, 0.2) is 30.3 Å². The van der Waals surface area contributed by atoms with Crippen molar-refractivity contribution in [3.8, 4) is 0 Å². The second kappa shape index (κ2) is 7.93. The van der Waals surface area contributed by atoms with Crippen molar-refractivity contribution in [2.24, 2.45) is 33.5 Å². The molecule has 0 amide bonds. The first-order chi connectivity index (χ1) is 16.0. The molecule has 1 spiro atoms. The van der Waals surface area contributed by atoms with Crippen LogP contribution in [0, 0.1) is 33.5 Å². The first-order valence-corrected chi connectivity index (χ1v) is 13.0. The van der Waals surface area contributed by atoms with Gasteiger partial charge in [-0.3, -0.25) is 9.59 Å². The molecule has 0 N–H and O–H groups in total. The number of rotatable bonds is 4. The number of hydrogen-bond acceptors (Lipinski definition) is 5. The van der Waals surface area contributed by atoms with E-state index >= 15 is 0 Å². The monoisotopic (exact) mass is 466 g/mol. The van der Waals surface area contributed by atoms with Gasteiger partial charge in [-0.25, -0.2) is 4.79 Å². The maximum absolute atomic E-state index is 13.2. The Hall–Kier alpha value is -2.17. The van der Waals surface area contributed by atoms with Gasteiger partial charge in [-0.15, -0.1) is 0 Å². The van der Waals surface area contributed by atoms with Crippen molar-refractivity contribution in [2.45, 2.75) is 85.2 Å². The molecule has 5 nitrogen and oxygen atoms in total. The van der Waals surface area contributed by atoms with Crippen LogP contribution in [0.1, 0.15) is 89.4 Å². The Morgan fingerprint density at radius 1 is 1.03 bits per heavy atom. The van der Waals surface area contributed by atoms with Gasteiger partial charge in [0.1, 0.15) is 11.9 Å². The molecule has 0 saturated heterocycles. The average Bonchev–Trinajstić information content (AvgIpc) is 3.12. The summed E-state index contributed by atoms with van der Waals surface area (Å²) in [5, 5.41) is 0. The number of ether oxygens (including phenoxy) is 2. The van der Waals surface area contributed by atoms with Crippen LogP contribution in [0.4, 0.5) is 0 Å². The Morgan fingerprint density at radius 2 is 1.76 bits per heavy atom. The second-order valence-electron chi connectivity index (χ2n) is 12.4. The topological polar surface area (TPSA) is 69.7 Å². The summed E-state index contributed by atoms with van der Waals surface area (Å²) in [5.41, 5.74) is 0.0499. The summed E-state index contributed by atoms with van der Waals surface area (Å²) in [6, 6.07) is 9.16. The minimum atomic E-state index is -0.303. The molecule has 4 aliphatic carbocycles. The molecule has 1 aromatic rings. The Balaban J connectivity index is 1.56. The molecule has 4 aliphatic rings. The number of Topliss-reactive ketones (excluding diaryl/α,β-unsaturated/α-hetero) is 1. The maximum Gasteiger partial charge on any atom is 0.338 e. The molecule has 1 aromatic carbocycles. The summed E-state index contributed by atoms with van der Waals surface area (Å²) in [6.07, 6.45) is 7.05. The van der Waals surface area contributed by atoms with E-state index in [1.54, 1.807) is 12.1 Å². The second-order valence-corrected chi connectivity index (χ2v) is 12.4. The smallest absolute Gasteiger partial charge is 0.338 e. The summed E-state index contributed by atoms with van der Waals surface area (Å²) >= 11 is 0. The van der Waals surface area contributed by atoms with Crippen molar-refractivity contribution in [1.29, 1.82) is 0 Å². The van der Waals surface area contributed by atoms with Gasteiger partial charge in [0.25, 0.3) is 0 Å². The Labute approximate surface area is 203 Å². The molecule has 5 rings (SSSR count). The van der Waals surface area contributed by atoms with Crippen molar-refractivity contribution in [1.82, 2.24) is 0 Å². The van der Waals surface area contributed by atoms with E-state index in [0.29, 0.717) is 24.4 Å². The maximum atomic E-state index is 13.2. The number of carbonyl (C=O) groups excluding carboxylic acids is 3. The first kappa shape index (κ1) is 23.6. The van der Waals surface area contributed by atoms with Crippen LogP contribution in [-0.2, 0) is 19.1 Å². The lowest BCUT2D eigenvalue weighted by Crippen LogP contribution is -2.65. The molecule has 4 saturated carbocycles. The summed E-state index contributed by atoms with van der Waals surface area (Å²) < 4.78 is 12.0. The Kier molecular flexibility index (Phi) is 5.49. The molecule has 184 valence electrons. The van der Waals surface area contributed by atoms with Crippen LogP contribution < -0.4 is 0 Å². The van der Waals surface area contributed by atoms with Gasteiger partial charge in [0, 0.05) is 30.1 Å². The summed E-state index contributed by atoms with van der Waals surface area (Å²) in [5.74, 6) is 0.130. The van der Waals surface area contributed by atoms with E-state index in [4.69, 9.17) is 9.47 Å². The molecule has 2 bridgehead atoms. The van der Waals surface area contributed by atoms with Crippen molar-refractivity contribution < 1.29 is 23.9 Å². The van der Waals surface area contributed by atoms with Crippen LogP contribution in [0.5, 0.6) is 0 Å². The van der Waals surface area contributed by atoms with Gasteiger partial charge >= 0.3 is 11.9 Å². The summed E-state index contributed by atoms with van der Waals surface area (Å²) in [4.78, 5) is 38.2. The molecule has 0 aliphatic heterocycles. The third-order valence-corrected chi connectivity index (χ3v) is 10.5. The highest BCUT2D eigenvalue weighted by Crippen LogP contribution is 2.75. The van der Waals surface area contributed by atoms with E-state index in [1.165, 1.54) is 6.92 Å². The normalized spacial score (nSPS) is 42.9. The number of ketones is 1. The molecule has 7 atom stereocenters. The van der Waals surface area contributed by atoms with E-state index in [2.05, 4.69) is 20.8 Å². The third-order valence-electron chi connectivity index (χ3n) is 10.5. The zero-order valence-corrected chi connectivity index (χ0v) is 21.0. The molecule has 0 radical (unpaired) electrons. The highest BCUT2D eigenvalue weighted by molar-refractivity contribution is 5.89. The fourth-order valence-corrected chi connectivity index (χ4v) is 8.98. The van der Waals surface area contributed by atoms with E-state index in [-0.39, 0.29) is 51.5 Å². The van der Waals surface area contributed by atoms with Gasteiger partial charge in [-0.2, -0.15) is 0 Å². The summed E-state index contributed by atoms with van der Waals surface area (Å²) in [7, 11) is 0. The molecular formula is C29H38O5. The number of benzene rings is 1. The van der Waals surface area contributed by atoms with Gasteiger partial charge in [-0.05, 0) is 67.4 Å². The van der Waals surface area contributed by atoms with Crippen molar-refractivity contribution in [2.75, 3.05) is 6.61 Å². The predicted molar refractivity (Wildman–Crippen MR) is 128 cm³/mol. The van der Waals surface area contributed by atoms with E-state index in [9.17, 15) is 14.4 Å². The largest absolute Gasteiger partial charge is 0.465 e. The summed E-state index contributed by atoms with van der Waals surface area (Å²) in [6.45, 7) is 8.60. The molecule has 0 aromatic heterocycles. The Morgan fingerprint density at radius 3 is 2.47 bits per heavy atom. The fourth-order valence-electron chi connectivity index (χ4n) is 8.98. The van der Waals surface area contributed by atoms with Gasteiger partial charge in [-0.1, -0.05) is 45.4 Å². The van der Waals surface area contributed by atoms with Gasteiger partial charge in [0.05, 0.1) is 12.2 Å². The fraction of sp³-hybridized carbons (Fsp3) is 0.690. The molecule has 0 heterocycles. The lowest BCUT2D eigenvalue weighted by atomic mass is 9.37. The quantitative estimate of drug-likeness (QED) is 0.528. The number of hydrogen-bond donors (Lipinski definition) is 0. The number of carbonyl (C=O) groups is 3. The molecular weight excluding hydrogens is 428 g/mol. The molecule has 4 fully saturated rings.